The van der Waals surface area contributed by atoms with Gasteiger partial charge in [-0.1, -0.05) is 19.1 Å². The molecule has 19 heavy (non-hydrogen) atoms. The molecule has 0 saturated heterocycles. The van der Waals surface area contributed by atoms with Crippen molar-refractivity contribution >= 4 is 0 Å². The number of nitrogens with zero attached hydrogens (tertiary/aromatic N) is 3. The zero-order valence-corrected chi connectivity index (χ0v) is 12.9. The minimum absolute atomic E-state index is 0.101. The fraction of sp³-hybridized carbons (Fsp3) is 0.857. The Kier molecular flexibility index (Phi) is 6.45. The minimum atomic E-state index is 0.101. The lowest BCUT2D eigenvalue weighted by Gasteiger charge is -2.19. The van der Waals surface area contributed by atoms with E-state index >= 15 is 0 Å². The highest BCUT2D eigenvalue weighted by Gasteiger charge is 2.09. The molecule has 0 aliphatic rings. The Morgan fingerprint density at radius 2 is 2.05 bits per heavy atom. The fourth-order valence-electron chi connectivity index (χ4n) is 1.46. The predicted molar refractivity (Wildman–Crippen MR) is 76.9 cm³/mol. The molecule has 1 aromatic rings. The third-order valence-corrected chi connectivity index (χ3v) is 2.69. The van der Waals surface area contributed by atoms with Crippen molar-refractivity contribution in [3.05, 3.63) is 11.9 Å². The molecule has 1 N–H and O–H groups in total. The number of ether oxygens (including phenoxy) is 1. The van der Waals surface area contributed by atoms with Crippen LogP contribution in [0.1, 0.15) is 46.7 Å². The molecule has 0 radical (unpaired) electrons. The molecular weight excluding hydrogens is 240 g/mol. The van der Waals surface area contributed by atoms with Gasteiger partial charge in [0.15, 0.2) is 0 Å². The second-order valence-corrected chi connectivity index (χ2v) is 6.37. The third-order valence-electron chi connectivity index (χ3n) is 2.69. The summed E-state index contributed by atoms with van der Waals surface area (Å²) in [7, 11) is 0. The number of hydrogen-bond acceptors (Lipinski definition) is 4. The summed E-state index contributed by atoms with van der Waals surface area (Å²) in [6.07, 6.45) is 3.09. The summed E-state index contributed by atoms with van der Waals surface area (Å²) in [5.74, 6) is 0.696. The Balaban J connectivity index is 2.20. The zero-order valence-electron chi connectivity index (χ0n) is 12.9. The predicted octanol–water partition coefficient (Wildman–Crippen LogP) is 2.23. The standard InChI is InChI=1S/C14H28N4O/c1-12(2)6-8-19-9-7-18-11-13(16-17-18)10-15-14(3,4)5/h11-12,15H,6-10H2,1-5H3. The molecule has 0 saturated carbocycles. The largest absolute Gasteiger partial charge is 0.380 e. The highest BCUT2D eigenvalue weighted by atomic mass is 16.5. The molecule has 1 heterocycles. The molecule has 1 rings (SSSR count). The SMILES string of the molecule is CC(C)CCOCCn1cc(CNC(C)(C)C)nn1. The monoisotopic (exact) mass is 268 g/mol. The smallest absolute Gasteiger partial charge is 0.0965 e. The first-order valence-electron chi connectivity index (χ1n) is 7.08. The molecule has 0 aromatic carbocycles. The zero-order chi connectivity index (χ0) is 14.3. The van der Waals surface area contributed by atoms with Crippen molar-refractivity contribution in [2.75, 3.05) is 13.2 Å². The number of hydrogen-bond donors (Lipinski definition) is 1. The summed E-state index contributed by atoms with van der Waals surface area (Å²) in [6.45, 7) is 13.9. The number of aromatic nitrogens is 3. The van der Waals surface area contributed by atoms with Crippen LogP contribution in [0.2, 0.25) is 0 Å². The van der Waals surface area contributed by atoms with Crippen molar-refractivity contribution in [1.82, 2.24) is 20.3 Å². The Labute approximate surface area is 116 Å². The Morgan fingerprint density at radius 3 is 2.68 bits per heavy atom. The molecule has 5 nitrogen and oxygen atoms in total. The van der Waals surface area contributed by atoms with Crippen LogP contribution in [-0.4, -0.2) is 33.7 Å². The molecule has 5 heteroatoms. The molecule has 0 bridgehead atoms. The molecule has 0 aliphatic carbocycles. The molecule has 0 atom stereocenters. The van der Waals surface area contributed by atoms with E-state index in [-0.39, 0.29) is 5.54 Å². The van der Waals surface area contributed by atoms with Gasteiger partial charge < -0.3 is 10.1 Å². The van der Waals surface area contributed by atoms with E-state index in [0.29, 0.717) is 12.5 Å². The second-order valence-electron chi connectivity index (χ2n) is 6.37. The van der Waals surface area contributed by atoms with E-state index in [4.69, 9.17) is 4.74 Å². The van der Waals surface area contributed by atoms with Gasteiger partial charge in [0.25, 0.3) is 0 Å². The molecule has 0 amide bonds. The fourth-order valence-corrected chi connectivity index (χ4v) is 1.46. The summed E-state index contributed by atoms with van der Waals surface area (Å²) in [6, 6.07) is 0. The van der Waals surface area contributed by atoms with Crippen LogP contribution >= 0.6 is 0 Å². The van der Waals surface area contributed by atoms with Gasteiger partial charge in [-0.3, -0.25) is 0 Å². The van der Waals surface area contributed by atoms with E-state index in [0.717, 1.165) is 31.8 Å². The van der Waals surface area contributed by atoms with Gasteiger partial charge >= 0.3 is 0 Å². The maximum Gasteiger partial charge on any atom is 0.0965 e. The van der Waals surface area contributed by atoms with Crippen LogP contribution in [0.25, 0.3) is 0 Å². The van der Waals surface area contributed by atoms with Gasteiger partial charge in [0.2, 0.25) is 0 Å². The average molecular weight is 268 g/mol. The van der Waals surface area contributed by atoms with E-state index in [1.165, 1.54) is 0 Å². The highest BCUT2D eigenvalue weighted by molar-refractivity contribution is 4.92. The average Bonchev–Trinajstić information content (AvgIpc) is 2.72. The lowest BCUT2D eigenvalue weighted by Crippen LogP contribution is -2.35. The molecule has 110 valence electrons. The van der Waals surface area contributed by atoms with Gasteiger partial charge in [0.1, 0.15) is 0 Å². The van der Waals surface area contributed by atoms with Gasteiger partial charge in [0.05, 0.1) is 18.8 Å². The van der Waals surface area contributed by atoms with Gasteiger partial charge in [-0.05, 0) is 33.1 Å². The molecule has 0 aliphatic heterocycles. The maximum atomic E-state index is 5.57. The summed E-state index contributed by atoms with van der Waals surface area (Å²) in [5.41, 5.74) is 1.07. The summed E-state index contributed by atoms with van der Waals surface area (Å²) in [4.78, 5) is 0. The first kappa shape index (κ1) is 16.1. The van der Waals surface area contributed by atoms with Crippen molar-refractivity contribution < 1.29 is 4.74 Å². The van der Waals surface area contributed by atoms with Crippen LogP contribution in [0.15, 0.2) is 6.20 Å². The van der Waals surface area contributed by atoms with Crippen molar-refractivity contribution in [3.8, 4) is 0 Å². The molecular formula is C14H28N4O. The lowest BCUT2D eigenvalue weighted by molar-refractivity contribution is 0.113. The first-order chi connectivity index (χ1) is 8.87. The van der Waals surface area contributed by atoms with E-state index in [9.17, 15) is 0 Å². The summed E-state index contributed by atoms with van der Waals surface area (Å²) >= 11 is 0. The van der Waals surface area contributed by atoms with Crippen molar-refractivity contribution in [3.63, 3.8) is 0 Å². The Morgan fingerprint density at radius 1 is 1.32 bits per heavy atom. The number of nitrogens with one attached hydrogen (secondary N) is 1. The maximum absolute atomic E-state index is 5.57. The summed E-state index contributed by atoms with van der Waals surface area (Å²) in [5, 5.41) is 11.6. The quantitative estimate of drug-likeness (QED) is 0.735. The van der Waals surface area contributed by atoms with Crippen molar-refractivity contribution in [1.29, 1.82) is 0 Å². The van der Waals surface area contributed by atoms with Crippen LogP contribution in [0, 0.1) is 5.92 Å². The second kappa shape index (κ2) is 7.60. The van der Waals surface area contributed by atoms with Gasteiger partial charge in [-0.15, -0.1) is 5.10 Å². The highest BCUT2D eigenvalue weighted by Crippen LogP contribution is 2.02. The van der Waals surface area contributed by atoms with Crippen LogP contribution in [0.4, 0.5) is 0 Å². The van der Waals surface area contributed by atoms with Crippen molar-refractivity contribution in [2.45, 2.75) is 59.7 Å². The van der Waals surface area contributed by atoms with E-state index in [1.807, 2.05) is 10.9 Å². The third kappa shape index (κ3) is 7.95. The Hall–Kier alpha value is -0.940. The Bertz CT molecular complexity index is 355. The molecule has 0 fully saturated rings. The first-order valence-corrected chi connectivity index (χ1v) is 7.08. The summed E-state index contributed by atoms with van der Waals surface area (Å²) < 4.78 is 7.41. The van der Waals surface area contributed by atoms with E-state index < -0.39 is 0 Å². The minimum Gasteiger partial charge on any atom is -0.380 e. The topological polar surface area (TPSA) is 52.0 Å². The van der Waals surface area contributed by atoms with Crippen LogP contribution in [0.5, 0.6) is 0 Å². The van der Waals surface area contributed by atoms with Gasteiger partial charge in [-0.25, -0.2) is 4.68 Å². The van der Waals surface area contributed by atoms with E-state index in [1.54, 1.807) is 0 Å². The molecule has 0 unspecified atom stereocenters. The van der Waals surface area contributed by atoms with Crippen molar-refractivity contribution in [2.24, 2.45) is 5.92 Å². The molecule has 1 aromatic heterocycles. The molecule has 0 spiro atoms. The van der Waals surface area contributed by atoms with Crippen LogP contribution < -0.4 is 5.32 Å². The lowest BCUT2D eigenvalue weighted by atomic mass is 10.1. The van der Waals surface area contributed by atoms with Crippen LogP contribution in [-0.2, 0) is 17.8 Å². The van der Waals surface area contributed by atoms with Crippen LogP contribution in [0.3, 0.4) is 0 Å². The van der Waals surface area contributed by atoms with E-state index in [2.05, 4.69) is 50.2 Å². The normalized spacial score (nSPS) is 12.3. The van der Waals surface area contributed by atoms with Gasteiger partial charge in [0, 0.05) is 24.9 Å². The van der Waals surface area contributed by atoms with Gasteiger partial charge in [-0.2, -0.15) is 0 Å². The number of rotatable bonds is 8.